The molecule has 1 N–H and O–H groups in total. The number of hydrogen-bond donors (Lipinski definition) is 1. The lowest BCUT2D eigenvalue weighted by Crippen LogP contribution is -2.41. The van der Waals surface area contributed by atoms with Crippen LogP contribution in [0.5, 0.6) is 5.75 Å². The zero-order chi connectivity index (χ0) is 13.9. The number of aromatic nitrogens is 2. The average Bonchev–Trinajstić information content (AvgIpc) is 2.89. The van der Waals surface area contributed by atoms with Crippen LogP contribution in [0.15, 0.2) is 6.20 Å². The third-order valence-corrected chi connectivity index (χ3v) is 4.23. The van der Waals surface area contributed by atoms with E-state index in [2.05, 4.69) is 5.10 Å². The summed E-state index contributed by atoms with van der Waals surface area (Å²) in [4.78, 5) is 0. The van der Waals surface area contributed by atoms with Gasteiger partial charge >= 0.3 is 0 Å². The zero-order valence-corrected chi connectivity index (χ0v) is 12.1. The predicted molar refractivity (Wildman–Crippen MR) is 72.2 cm³/mol. The van der Waals surface area contributed by atoms with Gasteiger partial charge in [-0.2, -0.15) is 5.10 Å². The SMILES string of the molecule is CCn1ncc(OC)c1C(O)C1(OC)CCCCC1. The Bertz CT molecular complexity index is 389. The van der Waals surface area contributed by atoms with Crippen molar-refractivity contribution in [3.8, 4) is 5.75 Å². The molecule has 1 aliphatic rings. The van der Waals surface area contributed by atoms with Crippen molar-refractivity contribution < 1.29 is 14.6 Å². The smallest absolute Gasteiger partial charge is 0.162 e. The van der Waals surface area contributed by atoms with Crippen LogP contribution in [0.3, 0.4) is 0 Å². The van der Waals surface area contributed by atoms with Gasteiger partial charge in [-0.15, -0.1) is 0 Å². The molecule has 0 amide bonds. The second-order valence-electron chi connectivity index (χ2n) is 5.15. The van der Waals surface area contributed by atoms with Gasteiger partial charge in [0.25, 0.3) is 0 Å². The second kappa shape index (κ2) is 5.92. The summed E-state index contributed by atoms with van der Waals surface area (Å²) in [6, 6.07) is 0. The number of aryl methyl sites for hydroxylation is 1. The van der Waals surface area contributed by atoms with Gasteiger partial charge in [0, 0.05) is 13.7 Å². The lowest BCUT2D eigenvalue weighted by Gasteiger charge is -2.40. The van der Waals surface area contributed by atoms with Crippen LogP contribution >= 0.6 is 0 Å². The van der Waals surface area contributed by atoms with Gasteiger partial charge in [-0.3, -0.25) is 4.68 Å². The van der Waals surface area contributed by atoms with Crippen molar-refractivity contribution in [2.75, 3.05) is 14.2 Å². The number of ether oxygens (including phenoxy) is 2. The van der Waals surface area contributed by atoms with Gasteiger partial charge in [-0.1, -0.05) is 19.3 Å². The maximum Gasteiger partial charge on any atom is 0.162 e. The fraction of sp³-hybridized carbons (Fsp3) is 0.786. The Kier molecular flexibility index (Phi) is 4.47. The third kappa shape index (κ3) is 2.49. The first kappa shape index (κ1) is 14.3. The average molecular weight is 268 g/mol. The maximum absolute atomic E-state index is 10.8. The summed E-state index contributed by atoms with van der Waals surface area (Å²) in [5.74, 6) is 0.636. The van der Waals surface area contributed by atoms with Crippen LogP contribution in [0.25, 0.3) is 0 Å². The topological polar surface area (TPSA) is 56.5 Å². The summed E-state index contributed by atoms with van der Waals surface area (Å²) in [7, 11) is 3.29. The van der Waals surface area contributed by atoms with E-state index in [1.165, 1.54) is 6.42 Å². The second-order valence-corrected chi connectivity index (χ2v) is 5.15. The van der Waals surface area contributed by atoms with Gasteiger partial charge in [0.2, 0.25) is 0 Å². The zero-order valence-electron chi connectivity index (χ0n) is 12.1. The highest BCUT2D eigenvalue weighted by molar-refractivity contribution is 5.29. The standard InChI is InChI=1S/C14H24N2O3/c1-4-16-12(11(18-2)10-15-16)13(17)14(19-3)8-6-5-7-9-14/h10,13,17H,4-9H2,1-3H3. The predicted octanol–water partition coefficient (Wildman–Crippen LogP) is 2.29. The molecular weight excluding hydrogens is 244 g/mol. The highest BCUT2D eigenvalue weighted by Gasteiger charge is 2.42. The van der Waals surface area contributed by atoms with E-state index < -0.39 is 11.7 Å². The summed E-state index contributed by atoms with van der Waals surface area (Å²) in [5, 5.41) is 15.1. The van der Waals surface area contributed by atoms with Crippen molar-refractivity contribution in [2.24, 2.45) is 0 Å². The van der Waals surface area contributed by atoms with Gasteiger partial charge in [0.15, 0.2) is 5.75 Å². The van der Waals surface area contributed by atoms with Crippen LogP contribution in [0, 0.1) is 0 Å². The van der Waals surface area contributed by atoms with Crippen LogP contribution in [0.2, 0.25) is 0 Å². The molecule has 1 fully saturated rings. The number of hydrogen-bond acceptors (Lipinski definition) is 4. The molecule has 0 saturated heterocycles. The normalized spacial score (nSPS) is 20.2. The molecule has 1 heterocycles. The van der Waals surface area contributed by atoms with Gasteiger partial charge < -0.3 is 14.6 Å². The van der Waals surface area contributed by atoms with Crippen molar-refractivity contribution in [3.63, 3.8) is 0 Å². The van der Waals surface area contributed by atoms with E-state index in [4.69, 9.17) is 9.47 Å². The molecule has 1 saturated carbocycles. The molecule has 1 aromatic rings. The summed E-state index contributed by atoms with van der Waals surface area (Å²) >= 11 is 0. The van der Waals surface area contributed by atoms with Gasteiger partial charge in [0.1, 0.15) is 11.8 Å². The van der Waals surface area contributed by atoms with E-state index in [1.54, 1.807) is 25.1 Å². The molecule has 1 unspecified atom stereocenters. The molecule has 19 heavy (non-hydrogen) atoms. The molecular formula is C14H24N2O3. The van der Waals surface area contributed by atoms with Crippen LogP contribution in [-0.2, 0) is 11.3 Å². The molecule has 108 valence electrons. The first-order valence-electron chi connectivity index (χ1n) is 7.01. The lowest BCUT2D eigenvalue weighted by molar-refractivity contribution is -0.128. The molecule has 0 spiro atoms. The lowest BCUT2D eigenvalue weighted by atomic mass is 9.79. The molecule has 0 bridgehead atoms. The molecule has 0 radical (unpaired) electrons. The van der Waals surface area contributed by atoms with Crippen LogP contribution in [0.1, 0.15) is 50.8 Å². The molecule has 2 rings (SSSR count). The Morgan fingerprint density at radius 1 is 1.37 bits per heavy atom. The molecule has 0 aliphatic heterocycles. The highest BCUT2D eigenvalue weighted by atomic mass is 16.5. The van der Waals surface area contributed by atoms with E-state index in [1.807, 2.05) is 6.92 Å². The molecule has 5 heteroatoms. The Labute approximate surface area is 114 Å². The van der Waals surface area contributed by atoms with E-state index >= 15 is 0 Å². The Balaban J connectivity index is 2.35. The van der Waals surface area contributed by atoms with Crippen molar-refractivity contribution in [1.82, 2.24) is 9.78 Å². The molecule has 1 aliphatic carbocycles. The van der Waals surface area contributed by atoms with Crippen LogP contribution in [-0.4, -0.2) is 34.7 Å². The summed E-state index contributed by atoms with van der Waals surface area (Å²) < 4.78 is 12.8. The fourth-order valence-corrected chi connectivity index (χ4v) is 3.05. The first-order chi connectivity index (χ1) is 9.18. The Hall–Kier alpha value is -1.07. The number of aliphatic hydroxyl groups excluding tert-OH is 1. The van der Waals surface area contributed by atoms with Crippen molar-refractivity contribution >= 4 is 0 Å². The minimum atomic E-state index is -0.699. The number of methoxy groups -OCH3 is 2. The van der Waals surface area contributed by atoms with Crippen LogP contribution < -0.4 is 4.74 Å². The van der Waals surface area contributed by atoms with E-state index in [0.29, 0.717) is 12.3 Å². The van der Waals surface area contributed by atoms with Gasteiger partial charge in [0.05, 0.1) is 18.9 Å². The van der Waals surface area contributed by atoms with Gasteiger partial charge in [-0.25, -0.2) is 0 Å². The number of aliphatic hydroxyl groups is 1. The maximum atomic E-state index is 10.8. The van der Waals surface area contributed by atoms with Gasteiger partial charge in [-0.05, 0) is 19.8 Å². The van der Waals surface area contributed by atoms with Crippen molar-refractivity contribution in [3.05, 3.63) is 11.9 Å². The minimum absolute atomic E-state index is 0.502. The fourth-order valence-electron chi connectivity index (χ4n) is 3.05. The summed E-state index contributed by atoms with van der Waals surface area (Å²) in [5.41, 5.74) is 0.229. The third-order valence-electron chi connectivity index (χ3n) is 4.23. The molecule has 5 nitrogen and oxygen atoms in total. The Morgan fingerprint density at radius 2 is 2.05 bits per heavy atom. The Morgan fingerprint density at radius 3 is 2.58 bits per heavy atom. The van der Waals surface area contributed by atoms with Crippen molar-refractivity contribution in [2.45, 2.75) is 57.3 Å². The molecule has 1 aromatic heterocycles. The number of rotatable bonds is 5. The van der Waals surface area contributed by atoms with E-state index in [9.17, 15) is 5.11 Å². The summed E-state index contributed by atoms with van der Waals surface area (Å²) in [6.07, 6.45) is 6.11. The monoisotopic (exact) mass is 268 g/mol. The largest absolute Gasteiger partial charge is 0.493 e. The molecule has 0 aromatic carbocycles. The highest BCUT2D eigenvalue weighted by Crippen LogP contribution is 2.43. The minimum Gasteiger partial charge on any atom is -0.493 e. The quantitative estimate of drug-likeness (QED) is 0.890. The van der Waals surface area contributed by atoms with E-state index in [-0.39, 0.29) is 0 Å². The van der Waals surface area contributed by atoms with Crippen molar-refractivity contribution in [1.29, 1.82) is 0 Å². The first-order valence-corrected chi connectivity index (χ1v) is 7.01. The summed E-state index contributed by atoms with van der Waals surface area (Å²) in [6.45, 7) is 2.71. The van der Waals surface area contributed by atoms with E-state index in [0.717, 1.165) is 31.4 Å². The van der Waals surface area contributed by atoms with Crippen LogP contribution in [0.4, 0.5) is 0 Å². The number of nitrogens with zero attached hydrogens (tertiary/aromatic N) is 2. The molecule has 1 atom stereocenters.